The van der Waals surface area contributed by atoms with Crippen LogP contribution in [0.15, 0.2) is 219 Å². The summed E-state index contributed by atoms with van der Waals surface area (Å²) in [5, 5.41) is 23.6. The summed E-state index contributed by atoms with van der Waals surface area (Å²) in [4.78, 5) is 0. The Morgan fingerprint density at radius 1 is 0.395 bits per heavy atom. The van der Waals surface area contributed by atoms with Crippen LogP contribution in [-0.2, 0) is 14.2 Å². The molecule has 2 N–H and O–H groups in total. The molecule has 0 aliphatic rings. The normalized spacial score (nSPS) is 15.3. The summed E-state index contributed by atoms with van der Waals surface area (Å²) in [6.07, 6.45) is 0.0873. The van der Waals surface area contributed by atoms with Crippen molar-refractivity contribution in [3.63, 3.8) is 0 Å². The summed E-state index contributed by atoms with van der Waals surface area (Å²) in [5.41, 5.74) is 13.1. The predicted molar refractivity (Wildman–Crippen MR) is 330 cm³/mol. The third kappa shape index (κ3) is 15.7. The Morgan fingerprint density at radius 2 is 0.704 bits per heavy atom. The molecule has 0 saturated carbocycles. The number of aliphatic hydroxyl groups excluding tert-OH is 2. The molecule has 9 unspecified atom stereocenters. The summed E-state index contributed by atoms with van der Waals surface area (Å²) in [5.74, 6) is 1.71. The van der Waals surface area contributed by atoms with Crippen LogP contribution in [0.25, 0.3) is 0 Å². The maximum atomic E-state index is 11.8. The Balaban J connectivity index is 1.01. The predicted octanol–water partition coefficient (Wildman–Crippen LogP) is 16.4. The van der Waals surface area contributed by atoms with Crippen molar-refractivity contribution in [2.24, 2.45) is 5.41 Å². The molecule has 422 valence electrons. The quantitative estimate of drug-likeness (QED) is 0.0264. The van der Waals surface area contributed by atoms with Gasteiger partial charge in [-0.3, -0.25) is 0 Å². The van der Waals surface area contributed by atoms with Crippen molar-refractivity contribution in [3.8, 4) is 11.5 Å². The van der Waals surface area contributed by atoms with E-state index >= 15 is 0 Å². The van der Waals surface area contributed by atoms with E-state index < -0.39 is 17.8 Å². The topological polar surface area (TPSA) is 86.6 Å². The molecule has 0 bridgehead atoms. The van der Waals surface area contributed by atoms with Crippen LogP contribution in [0.2, 0.25) is 0 Å². The molecule has 9 atom stereocenters. The van der Waals surface area contributed by atoms with Crippen molar-refractivity contribution in [3.05, 3.63) is 286 Å². The maximum Gasteiger partial charge on any atom is 0.189 e. The fourth-order valence-corrected chi connectivity index (χ4v) is 11.0. The van der Waals surface area contributed by atoms with Crippen molar-refractivity contribution < 1.29 is 33.9 Å². The maximum absolute atomic E-state index is 11.8. The molecule has 0 fully saturated rings. The molecule has 7 heteroatoms. The van der Waals surface area contributed by atoms with E-state index in [0.29, 0.717) is 13.0 Å². The molecule has 8 rings (SSSR count). The van der Waals surface area contributed by atoms with E-state index in [4.69, 9.17) is 23.7 Å². The average molecular weight is 1090 g/mol. The SMILES string of the molecule is C=CCOCC(CC)(COCC(O)COc1c(C(C)c2ccccc2)cc(C(C)c2ccccc2)cc1C(C)c1ccccc1)COC(O)COc1c(C(C)c2ccccc2)cc(C(C)c2ccccc2)cc1C(C)c1ccccc1. The summed E-state index contributed by atoms with van der Waals surface area (Å²) < 4.78 is 32.7. The van der Waals surface area contributed by atoms with Crippen LogP contribution in [0.4, 0.5) is 0 Å². The molecule has 8 aromatic rings. The molecule has 0 aromatic heterocycles. The van der Waals surface area contributed by atoms with Crippen LogP contribution in [0, 0.1) is 5.41 Å². The standard InChI is InChI=1S/C74H84O7/c1-9-41-77-49-74(10-2,51-81-71(76)48-80-73-69(56(7)62-37-25-15-26-38-62)44-65(53(4)59-31-19-12-20-32-59)45-70(73)57(8)63-39-27-16-28-40-63)50-78-46-66(75)47-79-72-67(54(5)60-33-21-13-22-34-60)42-64(52(3)58-29-17-11-18-30-58)43-68(72)55(6)61-35-23-14-24-36-61/h9,11-40,42-45,52-57,66,71,75-76H,1,10,41,46-51H2,2-8H3. The lowest BCUT2D eigenvalue weighted by atomic mass is 9.81. The molecule has 8 aromatic carbocycles. The zero-order chi connectivity index (χ0) is 57.1. The zero-order valence-electron chi connectivity index (χ0n) is 48.6. The third-order valence-corrected chi connectivity index (χ3v) is 16.5. The number of rotatable bonds is 30. The van der Waals surface area contributed by atoms with Gasteiger partial charge in [0, 0.05) is 63.2 Å². The van der Waals surface area contributed by atoms with Crippen LogP contribution in [0.5, 0.6) is 11.5 Å². The van der Waals surface area contributed by atoms with Gasteiger partial charge in [0.15, 0.2) is 6.29 Å². The van der Waals surface area contributed by atoms with Gasteiger partial charge in [0.1, 0.15) is 30.8 Å². The van der Waals surface area contributed by atoms with E-state index in [0.717, 1.165) is 33.8 Å². The Morgan fingerprint density at radius 3 is 1.02 bits per heavy atom. The highest BCUT2D eigenvalue weighted by Gasteiger charge is 2.33. The van der Waals surface area contributed by atoms with Crippen LogP contribution < -0.4 is 9.47 Å². The molecular formula is C74H84O7. The molecule has 0 aliphatic carbocycles. The lowest BCUT2D eigenvalue weighted by molar-refractivity contribution is -0.163. The first-order valence-electron chi connectivity index (χ1n) is 29.0. The monoisotopic (exact) mass is 1080 g/mol. The van der Waals surface area contributed by atoms with Gasteiger partial charge in [-0.05, 0) is 50.9 Å². The van der Waals surface area contributed by atoms with Crippen LogP contribution in [-0.4, -0.2) is 68.9 Å². The number of benzene rings is 8. The first-order chi connectivity index (χ1) is 39.4. The molecule has 0 saturated heterocycles. The summed E-state index contributed by atoms with van der Waals surface area (Å²) in [6.45, 7) is 20.2. The van der Waals surface area contributed by atoms with Gasteiger partial charge in [-0.25, -0.2) is 0 Å². The first-order valence-corrected chi connectivity index (χ1v) is 29.0. The van der Waals surface area contributed by atoms with E-state index in [1.54, 1.807) is 6.08 Å². The molecule has 7 nitrogen and oxygen atoms in total. The smallest absolute Gasteiger partial charge is 0.189 e. The van der Waals surface area contributed by atoms with Crippen molar-refractivity contribution in [2.45, 2.75) is 103 Å². The van der Waals surface area contributed by atoms with Gasteiger partial charge >= 0.3 is 0 Å². The van der Waals surface area contributed by atoms with Gasteiger partial charge in [-0.2, -0.15) is 0 Å². The van der Waals surface area contributed by atoms with E-state index in [9.17, 15) is 10.2 Å². The van der Waals surface area contributed by atoms with Gasteiger partial charge < -0.3 is 33.9 Å². The Bertz CT molecular complexity index is 3000. The van der Waals surface area contributed by atoms with Crippen molar-refractivity contribution >= 4 is 0 Å². The van der Waals surface area contributed by atoms with Gasteiger partial charge in [0.25, 0.3) is 0 Å². The number of ether oxygens (including phenoxy) is 5. The van der Waals surface area contributed by atoms with Gasteiger partial charge in [-0.15, -0.1) is 6.58 Å². The van der Waals surface area contributed by atoms with Gasteiger partial charge in [-0.1, -0.05) is 261 Å². The minimum absolute atomic E-state index is 0.00479. The largest absolute Gasteiger partial charge is 0.490 e. The lowest BCUT2D eigenvalue weighted by Crippen LogP contribution is -2.40. The van der Waals surface area contributed by atoms with E-state index in [1.807, 2.05) is 24.3 Å². The summed E-state index contributed by atoms with van der Waals surface area (Å²) in [7, 11) is 0. The Labute approximate surface area is 483 Å². The lowest BCUT2D eigenvalue weighted by Gasteiger charge is -2.33. The van der Waals surface area contributed by atoms with E-state index in [1.165, 1.54) is 44.5 Å². The molecule has 0 aliphatic heterocycles. The number of aliphatic hydroxyl groups is 2. The Hall–Kier alpha value is -7.10. The minimum atomic E-state index is -1.28. The van der Waals surface area contributed by atoms with Crippen molar-refractivity contribution in [1.29, 1.82) is 0 Å². The van der Waals surface area contributed by atoms with E-state index in [-0.39, 0.29) is 75.1 Å². The summed E-state index contributed by atoms with van der Waals surface area (Å²) >= 11 is 0. The van der Waals surface area contributed by atoms with Crippen LogP contribution in [0.1, 0.15) is 157 Å². The summed E-state index contributed by atoms with van der Waals surface area (Å²) in [6, 6.07) is 72.5. The van der Waals surface area contributed by atoms with Crippen LogP contribution in [0.3, 0.4) is 0 Å². The van der Waals surface area contributed by atoms with Crippen molar-refractivity contribution in [2.75, 3.05) is 46.2 Å². The fraction of sp³-hybridized carbons (Fsp3) is 0.324. The second-order valence-electron chi connectivity index (χ2n) is 22.1. The highest BCUT2D eigenvalue weighted by molar-refractivity contribution is 5.56. The molecular weight excluding hydrogens is 1000 g/mol. The third-order valence-electron chi connectivity index (χ3n) is 16.5. The van der Waals surface area contributed by atoms with Crippen molar-refractivity contribution in [1.82, 2.24) is 0 Å². The Kier molecular flexibility index (Phi) is 21.9. The van der Waals surface area contributed by atoms with E-state index in [2.05, 4.69) is 237 Å². The highest BCUT2D eigenvalue weighted by Crippen LogP contribution is 2.45. The average Bonchev–Trinajstić information content (AvgIpc) is 3.54. The number of hydrogen-bond donors (Lipinski definition) is 2. The van der Waals surface area contributed by atoms with Crippen LogP contribution >= 0.6 is 0 Å². The molecule has 0 radical (unpaired) electrons. The zero-order valence-corrected chi connectivity index (χ0v) is 48.6. The second-order valence-corrected chi connectivity index (χ2v) is 22.1. The molecule has 81 heavy (non-hydrogen) atoms. The van der Waals surface area contributed by atoms with Gasteiger partial charge in [0.05, 0.1) is 33.0 Å². The van der Waals surface area contributed by atoms with Gasteiger partial charge in [0.2, 0.25) is 0 Å². The molecule has 0 heterocycles. The second kappa shape index (κ2) is 29.6. The molecule has 0 amide bonds. The minimum Gasteiger partial charge on any atom is -0.490 e. The first kappa shape index (κ1) is 60.0. The number of hydrogen-bond acceptors (Lipinski definition) is 7. The highest BCUT2D eigenvalue weighted by atomic mass is 16.6. The fourth-order valence-electron chi connectivity index (χ4n) is 11.0. The molecule has 0 spiro atoms.